The van der Waals surface area contributed by atoms with Crippen molar-refractivity contribution >= 4 is 11.9 Å². The van der Waals surface area contributed by atoms with Crippen LogP contribution in [0.1, 0.15) is 20.3 Å². The smallest absolute Gasteiger partial charge is 0.417 e. The molecular formula is C7H12O4. The molecular weight excluding hydrogens is 148 g/mol. The number of carbonyl (C=O) groups excluding carboxylic acids is 1. The van der Waals surface area contributed by atoms with Gasteiger partial charge in [-0.25, -0.2) is 9.59 Å². The number of hydrogen-bond acceptors (Lipinski definition) is 3. The molecule has 0 unspecified atom stereocenters. The first kappa shape index (κ1) is 9.94. The van der Waals surface area contributed by atoms with Crippen LogP contribution in [-0.2, 0) is 14.3 Å². The van der Waals surface area contributed by atoms with Gasteiger partial charge in [0.05, 0.1) is 6.61 Å². The van der Waals surface area contributed by atoms with Gasteiger partial charge in [0, 0.05) is 0 Å². The standard InChI is InChI=1S/C7H12O4/c1-5(2)3-4-11-7(10)6(8)9/h5H,3-4H2,1-2H3,(H,8,9). The Labute approximate surface area is 65.2 Å². The fourth-order valence-electron chi connectivity index (χ4n) is 0.449. The first-order valence-corrected chi connectivity index (χ1v) is 3.44. The van der Waals surface area contributed by atoms with Crippen molar-refractivity contribution in [2.75, 3.05) is 6.61 Å². The highest BCUT2D eigenvalue weighted by Crippen LogP contribution is 1.98. The van der Waals surface area contributed by atoms with Crippen molar-refractivity contribution in [2.45, 2.75) is 20.3 Å². The van der Waals surface area contributed by atoms with Crippen LogP contribution >= 0.6 is 0 Å². The molecule has 0 aliphatic heterocycles. The SMILES string of the molecule is CC(C)CCOC(=O)C(=O)O. The quantitative estimate of drug-likeness (QED) is 0.486. The Morgan fingerprint density at radius 2 is 2.00 bits per heavy atom. The second-order valence-electron chi connectivity index (χ2n) is 2.62. The van der Waals surface area contributed by atoms with Gasteiger partial charge in [0.25, 0.3) is 0 Å². The monoisotopic (exact) mass is 160 g/mol. The van der Waals surface area contributed by atoms with Gasteiger partial charge in [-0.1, -0.05) is 13.8 Å². The lowest BCUT2D eigenvalue weighted by atomic mass is 10.1. The first-order chi connectivity index (χ1) is 5.04. The number of carboxylic acids is 1. The highest BCUT2D eigenvalue weighted by Gasteiger charge is 2.11. The highest BCUT2D eigenvalue weighted by atomic mass is 16.6. The van der Waals surface area contributed by atoms with Crippen LogP contribution in [0.4, 0.5) is 0 Å². The van der Waals surface area contributed by atoms with Crippen LogP contribution in [0.15, 0.2) is 0 Å². The predicted molar refractivity (Wildman–Crippen MR) is 38.0 cm³/mol. The van der Waals surface area contributed by atoms with Crippen LogP contribution in [-0.4, -0.2) is 23.7 Å². The molecule has 0 aromatic heterocycles. The lowest BCUT2D eigenvalue weighted by Crippen LogP contribution is -2.17. The van der Waals surface area contributed by atoms with Gasteiger partial charge in [0.15, 0.2) is 0 Å². The van der Waals surface area contributed by atoms with E-state index in [-0.39, 0.29) is 6.61 Å². The van der Waals surface area contributed by atoms with Gasteiger partial charge >= 0.3 is 11.9 Å². The maximum atomic E-state index is 10.3. The third kappa shape index (κ3) is 5.39. The molecule has 0 amide bonds. The van der Waals surface area contributed by atoms with Crippen LogP contribution in [0.3, 0.4) is 0 Å². The third-order valence-corrected chi connectivity index (χ3v) is 1.10. The lowest BCUT2D eigenvalue weighted by Gasteiger charge is -2.03. The van der Waals surface area contributed by atoms with E-state index < -0.39 is 11.9 Å². The molecule has 4 heteroatoms. The van der Waals surface area contributed by atoms with Crippen molar-refractivity contribution in [3.8, 4) is 0 Å². The summed E-state index contributed by atoms with van der Waals surface area (Å²) < 4.78 is 4.38. The van der Waals surface area contributed by atoms with Crippen molar-refractivity contribution < 1.29 is 19.4 Å². The van der Waals surface area contributed by atoms with E-state index >= 15 is 0 Å². The highest BCUT2D eigenvalue weighted by molar-refractivity contribution is 6.28. The number of esters is 1. The van der Waals surface area contributed by atoms with Crippen molar-refractivity contribution in [1.29, 1.82) is 0 Å². The summed E-state index contributed by atoms with van der Waals surface area (Å²) in [6.07, 6.45) is 0.693. The fraction of sp³-hybridized carbons (Fsp3) is 0.714. The van der Waals surface area contributed by atoms with Crippen molar-refractivity contribution in [1.82, 2.24) is 0 Å². The summed E-state index contributed by atoms with van der Waals surface area (Å²) in [5, 5.41) is 8.07. The molecule has 0 aliphatic carbocycles. The molecule has 0 spiro atoms. The Balaban J connectivity index is 3.40. The molecule has 0 saturated heterocycles. The third-order valence-electron chi connectivity index (χ3n) is 1.10. The van der Waals surface area contributed by atoms with Crippen LogP contribution in [0.2, 0.25) is 0 Å². The summed E-state index contributed by atoms with van der Waals surface area (Å²) in [6.45, 7) is 4.12. The molecule has 0 radical (unpaired) electrons. The summed E-state index contributed by atoms with van der Waals surface area (Å²) in [7, 11) is 0. The summed E-state index contributed by atoms with van der Waals surface area (Å²) in [5.41, 5.74) is 0. The van der Waals surface area contributed by atoms with E-state index in [1.165, 1.54) is 0 Å². The van der Waals surface area contributed by atoms with Crippen LogP contribution in [0.5, 0.6) is 0 Å². The minimum absolute atomic E-state index is 0.183. The second kappa shape index (κ2) is 4.71. The van der Waals surface area contributed by atoms with Gasteiger partial charge in [-0.3, -0.25) is 0 Å². The predicted octanol–water partition coefficient (Wildman–Crippen LogP) is 0.660. The minimum Gasteiger partial charge on any atom is -0.473 e. The number of rotatable bonds is 3. The van der Waals surface area contributed by atoms with Gasteiger partial charge in [0.1, 0.15) is 0 Å². The van der Waals surface area contributed by atoms with E-state index in [4.69, 9.17) is 5.11 Å². The number of carbonyl (C=O) groups is 2. The molecule has 0 fully saturated rings. The summed E-state index contributed by atoms with van der Waals surface area (Å²) in [4.78, 5) is 20.2. The zero-order valence-corrected chi connectivity index (χ0v) is 6.66. The normalized spacial score (nSPS) is 9.73. The second-order valence-corrected chi connectivity index (χ2v) is 2.62. The topological polar surface area (TPSA) is 63.6 Å². The Hall–Kier alpha value is -1.06. The summed E-state index contributed by atoms with van der Waals surface area (Å²) in [5.74, 6) is -2.30. The molecule has 4 nitrogen and oxygen atoms in total. The molecule has 1 N–H and O–H groups in total. The molecule has 0 aliphatic rings. The average Bonchev–Trinajstić information content (AvgIpc) is 1.86. The zero-order valence-electron chi connectivity index (χ0n) is 6.66. The average molecular weight is 160 g/mol. The fourth-order valence-corrected chi connectivity index (χ4v) is 0.449. The maximum absolute atomic E-state index is 10.3. The van der Waals surface area contributed by atoms with Crippen LogP contribution in [0, 0.1) is 5.92 Å². The van der Waals surface area contributed by atoms with E-state index in [1.807, 2.05) is 13.8 Å². The molecule has 0 saturated carbocycles. The minimum atomic E-state index is -1.53. The molecule has 64 valence electrons. The molecule has 11 heavy (non-hydrogen) atoms. The van der Waals surface area contributed by atoms with E-state index in [1.54, 1.807) is 0 Å². The molecule has 0 atom stereocenters. The van der Waals surface area contributed by atoms with Crippen LogP contribution < -0.4 is 0 Å². The number of ether oxygens (including phenoxy) is 1. The number of aliphatic carboxylic acids is 1. The molecule has 0 aromatic carbocycles. The van der Waals surface area contributed by atoms with Gasteiger partial charge in [0.2, 0.25) is 0 Å². The molecule has 0 heterocycles. The Morgan fingerprint density at radius 1 is 1.45 bits per heavy atom. The molecule has 0 bridgehead atoms. The summed E-state index contributed by atoms with van der Waals surface area (Å²) >= 11 is 0. The molecule has 0 rings (SSSR count). The first-order valence-electron chi connectivity index (χ1n) is 3.44. The van der Waals surface area contributed by atoms with E-state index in [9.17, 15) is 9.59 Å². The zero-order chi connectivity index (χ0) is 8.85. The number of hydrogen-bond donors (Lipinski definition) is 1. The van der Waals surface area contributed by atoms with E-state index in [2.05, 4.69) is 4.74 Å². The largest absolute Gasteiger partial charge is 0.473 e. The Morgan fingerprint density at radius 3 is 2.36 bits per heavy atom. The lowest BCUT2D eigenvalue weighted by molar-refractivity contribution is -0.164. The van der Waals surface area contributed by atoms with Gasteiger partial charge in [-0.2, -0.15) is 0 Å². The Kier molecular flexibility index (Phi) is 4.26. The van der Waals surface area contributed by atoms with Gasteiger partial charge in [-0.15, -0.1) is 0 Å². The van der Waals surface area contributed by atoms with Crippen molar-refractivity contribution in [2.24, 2.45) is 5.92 Å². The van der Waals surface area contributed by atoms with E-state index in [0.717, 1.165) is 0 Å². The summed E-state index contributed by atoms with van der Waals surface area (Å²) in [6, 6.07) is 0. The van der Waals surface area contributed by atoms with Gasteiger partial charge < -0.3 is 9.84 Å². The maximum Gasteiger partial charge on any atom is 0.417 e. The Bertz CT molecular complexity index is 151. The van der Waals surface area contributed by atoms with Crippen molar-refractivity contribution in [3.63, 3.8) is 0 Å². The number of carboxylic acid groups (broad SMARTS) is 1. The van der Waals surface area contributed by atoms with E-state index in [0.29, 0.717) is 12.3 Å². The molecule has 0 aromatic rings. The van der Waals surface area contributed by atoms with Gasteiger partial charge in [-0.05, 0) is 12.3 Å². The van der Waals surface area contributed by atoms with Crippen molar-refractivity contribution in [3.05, 3.63) is 0 Å². The van der Waals surface area contributed by atoms with Crippen LogP contribution in [0.25, 0.3) is 0 Å².